The third-order valence-corrected chi connectivity index (χ3v) is 13.0. The maximum Gasteiger partial charge on any atom is 0.303 e. The average Bonchev–Trinajstić information content (AvgIpc) is 3.73. The van der Waals surface area contributed by atoms with Gasteiger partial charge in [-0.1, -0.05) is 57.8 Å². The minimum absolute atomic E-state index is 0.0237. The standard InChI is InChI=1S/C38H53N3O4S/c1-22-21-39-36(46-22)40-33(42)14-12-25-18-32(41-45-6)38(5)16-15-26-27(35(25)38)13-11-24-17-30(31(19-28(24)26)37(2,3)4)29(20-34(43)44)23-9-7-8-10-23/h17,19,21,23,25-27,29,35H,7-16,18,20H2,1-6H3,(H,43,44)(H,39,40,42)/t25-,26?,27?,29?,35?,38-/m1/s1. The van der Waals surface area contributed by atoms with Crippen molar-refractivity contribution in [3.05, 3.63) is 45.5 Å². The van der Waals surface area contributed by atoms with E-state index in [4.69, 9.17) is 4.84 Å². The van der Waals surface area contributed by atoms with Crippen molar-refractivity contribution >= 4 is 34.1 Å². The normalized spacial score (nSPS) is 29.2. The van der Waals surface area contributed by atoms with Crippen LogP contribution in [0.2, 0.25) is 0 Å². The number of benzene rings is 1. The number of hydrogen-bond acceptors (Lipinski definition) is 6. The number of carbonyl (C=O) groups is 2. The van der Waals surface area contributed by atoms with Crippen molar-refractivity contribution in [2.75, 3.05) is 12.4 Å². The molecule has 1 aromatic heterocycles. The van der Waals surface area contributed by atoms with E-state index in [1.807, 2.05) is 6.92 Å². The van der Waals surface area contributed by atoms with Crippen molar-refractivity contribution in [2.45, 2.75) is 129 Å². The zero-order valence-corrected chi connectivity index (χ0v) is 29.5. The lowest BCUT2D eigenvalue weighted by molar-refractivity contribution is -0.137. The Kier molecular flexibility index (Phi) is 9.41. The van der Waals surface area contributed by atoms with E-state index in [0.717, 1.165) is 56.2 Å². The minimum atomic E-state index is -0.683. The lowest BCUT2D eigenvalue weighted by atomic mass is 9.53. The molecule has 6 rings (SSSR count). The summed E-state index contributed by atoms with van der Waals surface area (Å²) in [6.45, 7) is 11.3. The summed E-state index contributed by atoms with van der Waals surface area (Å²) in [5, 5.41) is 18.3. The first kappa shape index (κ1) is 33.2. The van der Waals surface area contributed by atoms with Crippen molar-refractivity contribution in [3.63, 3.8) is 0 Å². The Bertz CT molecular complexity index is 1490. The molecule has 4 unspecified atom stereocenters. The number of oxime groups is 1. The van der Waals surface area contributed by atoms with Crippen LogP contribution >= 0.6 is 11.3 Å². The zero-order chi connectivity index (χ0) is 32.8. The van der Waals surface area contributed by atoms with E-state index in [1.165, 1.54) is 52.1 Å². The highest BCUT2D eigenvalue weighted by Crippen LogP contribution is 2.63. The fraction of sp³-hybridized carbons (Fsp3) is 0.684. The highest BCUT2D eigenvalue weighted by atomic mass is 32.1. The number of amides is 1. The number of carboxylic acids is 1. The smallest absolute Gasteiger partial charge is 0.303 e. The molecule has 7 nitrogen and oxygen atoms in total. The first-order chi connectivity index (χ1) is 21.9. The van der Waals surface area contributed by atoms with Crippen molar-refractivity contribution in [2.24, 2.45) is 34.2 Å². The average molecular weight is 648 g/mol. The molecular weight excluding hydrogens is 595 g/mol. The van der Waals surface area contributed by atoms with Crippen LogP contribution in [0.3, 0.4) is 0 Å². The fourth-order valence-corrected chi connectivity index (χ4v) is 10.9. The summed E-state index contributed by atoms with van der Waals surface area (Å²) < 4.78 is 0. The van der Waals surface area contributed by atoms with Crippen LogP contribution < -0.4 is 5.32 Å². The van der Waals surface area contributed by atoms with Crippen LogP contribution in [0.15, 0.2) is 23.5 Å². The molecule has 6 atom stereocenters. The Balaban J connectivity index is 1.31. The third kappa shape index (κ3) is 6.40. The van der Waals surface area contributed by atoms with Crippen molar-refractivity contribution in [1.82, 2.24) is 4.98 Å². The molecule has 3 fully saturated rings. The summed E-state index contributed by atoms with van der Waals surface area (Å²) in [5.74, 6) is 1.70. The van der Waals surface area contributed by atoms with Gasteiger partial charge in [-0.25, -0.2) is 4.98 Å². The number of carboxylic acid groups (broad SMARTS) is 1. The number of thiazole rings is 1. The summed E-state index contributed by atoms with van der Waals surface area (Å²) in [7, 11) is 1.65. The van der Waals surface area contributed by atoms with E-state index in [9.17, 15) is 14.7 Å². The molecule has 1 aromatic carbocycles. The SMILES string of the molecule is CON=C1C[C@@H](CCC(=O)Nc2ncc(C)s2)C2C3CCc4cc(C(CC(=O)O)C5CCCC5)c(C(C)(C)C)cc4C3CC[C@]12C. The van der Waals surface area contributed by atoms with E-state index in [2.05, 4.69) is 55.3 Å². The second-order valence-corrected chi connectivity index (χ2v) is 17.2. The molecule has 4 aliphatic rings. The molecule has 0 radical (unpaired) electrons. The number of aryl methyl sites for hydroxylation is 2. The van der Waals surface area contributed by atoms with Crippen LogP contribution in [-0.4, -0.2) is 34.8 Å². The first-order valence-electron chi connectivity index (χ1n) is 17.6. The molecular formula is C38H53N3O4S. The fourth-order valence-electron chi connectivity index (χ4n) is 10.2. The molecule has 1 heterocycles. The second kappa shape index (κ2) is 13.0. The summed E-state index contributed by atoms with van der Waals surface area (Å²) in [6, 6.07) is 4.98. The second-order valence-electron chi connectivity index (χ2n) is 16.0. The Morgan fingerprint density at radius 2 is 1.96 bits per heavy atom. The molecule has 46 heavy (non-hydrogen) atoms. The molecule has 0 saturated heterocycles. The van der Waals surface area contributed by atoms with E-state index in [-0.39, 0.29) is 29.1 Å². The van der Waals surface area contributed by atoms with Gasteiger partial charge in [-0.2, -0.15) is 0 Å². The summed E-state index contributed by atoms with van der Waals surface area (Å²) in [6.07, 6.45) is 13.3. The highest BCUT2D eigenvalue weighted by Gasteiger charge is 2.58. The molecule has 0 spiro atoms. The largest absolute Gasteiger partial charge is 0.481 e. The monoisotopic (exact) mass is 647 g/mol. The van der Waals surface area contributed by atoms with Crippen molar-refractivity contribution in [3.8, 4) is 0 Å². The lowest BCUT2D eigenvalue weighted by Crippen LogP contribution is -2.44. The number of aliphatic carboxylic acids is 1. The van der Waals surface area contributed by atoms with Gasteiger partial charge in [0.25, 0.3) is 0 Å². The number of rotatable bonds is 9. The van der Waals surface area contributed by atoms with Crippen LogP contribution in [0.4, 0.5) is 5.13 Å². The molecule has 0 aliphatic heterocycles. The Morgan fingerprint density at radius 3 is 2.61 bits per heavy atom. The topological polar surface area (TPSA) is 101 Å². The van der Waals surface area contributed by atoms with Gasteiger partial charge in [0.15, 0.2) is 5.13 Å². The van der Waals surface area contributed by atoms with Crippen LogP contribution in [0.5, 0.6) is 0 Å². The van der Waals surface area contributed by atoms with E-state index in [0.29, 0.717) is 41.1 Å². The van der Waals surface area contributed by atoms with Gasteiger partial charge in [-0.15, -0.1) is 11.3 Å². The van der Waals surface area contributed by atoms with Crippen LogP contribution in [0.1, 0.15) is 137 Å². The van der Waals surface area contributed by atoms with Gasteiger partial charge in [-0.05, 0) is 121 Å². The molecule has 0 bridgehead atoms. The van der Waals surface area contributed by atoms with Gasteiger partial charge in [0.2, 0.25) is 5.91 Å². The maximum atomic E-state index is 13.0. The van der Waals surface area contributed by atoms with Crippen LogP contribution in [0.25, 0.3) is 0 Å². The van der Waals surface area contributed by atoms with Crippen LogP contribution in [-0.2, 0) is 26.3 Å². The summed E-state index contributed by atoms with van der Waals surface area (Å²) in [4.78, 5) is 36.0. The minimum Gasteiger partial charge on any atom is -0.481 e. The van der Waals surface area contributed by atoms with Gasteiger partial charge in [-0.3, -0.25) is 9.59 Å². The Morgan fingerprint density at radius 1 is 1.20 bits per heavy atom. The Hall–Kier alpha value is -2.74. The molecule has 8 heteroatoms. The van der Waals surface area contributed by atoms with E-state index in [1.54, 1.807) is 13.3 Å². The molecule has 2 aromatic rings. The van der Waals surface area contributed by atoms with Gasteiger partial charge in [0.05, 0.1) is 12.1 Å². The predicted molar refractivity (Wildman–Crippen MR) is 185 cm³/mol. The van der Waals surface area contributed by atoms with Gasteiger partial charge in [0, 0.05) is 22.9 Å². The molecule has 250 valence electrons. The number of anilines is 1. The predicted octanol–water partition coefficient (Wildman–Crippen LogP) is 9.00. The maximum absolute atomic E-state index is 13.0. The Labute approximate surface area is 279 Å². The number of hydrogen-bond donors (Lipinski definition) is 2. The van der Waals surface area contributed by atoms with Crippen molar-refractivity contribution in [1.29, 1.82) is 0 Å². The first-order valence-corrected chi connectivity index (χ1v) is 18.4. The number of nitrogens with zero attached hydrogens (tertiary/aromatic N) is 2. The lowest BCUT2D eigenvalue weighted by Gasteiger charge is -2.51. The number of carbonyl (C=O) groups excluding carboxylic acids is 1. The van der Waals surface area contributed by atoms with E-state index < -0.39 is 5.97 Å². The van der Waals surface area contributed by atoms with Gasteiger partial charge >= 0.3 is 5.97 Å². The number of nitrogens with one attached hydrogen (secondary N) is 1. The van der Waals surface area contributed by atoms with Gasteiger partial charge in [0.1, 0.15) is 7.11 Å². The summed E-state index contributed by atoms with van der Waals surface area (Å²) >= 11 is 1.51. The highest BCUT2D eigenvalue weighted by molar-refractivity contribution is 7.15. The number of aromatic nitrogens is 1. The molecule has 4 aliphatic carbocycles. The summed E-state index contributed by atoms with van der Waals surface area (Å²) in [5.41, 5.74) is 6.66. The quantitative estimate of drug-likeness (QED) is 0.265. The van der Waals surface area contributed by atoms with Gasteiger partial charge < -0.3 is 15.3 Å². The van der Waals surface area contributed by atoms with E-state index >= 15 is 0 Å². The van der Waals surface area contributed by atoms with Crippen LogP contribution in [0, 0.1) is 36.0 Å². The molecule has 1 amide bonds. The van der Waals surface area contributed by atoms with Crippen molar-refractivity contribution < 1.29 is 19.5 Å². The molecule has 2 N–H and O–H groups in total. The zero-order valence-electron chi connectivity index (χ0n) is 28.7. The third-order valence-electron chi connectivity index (χ3n) is 12.2. The number of fused-ring (bicyclic) bond motifs is 5. The molecule has 3 saturated carbocycles.